The van der Waals surface area contributed by atoms with E-state index in [2.05, 4.69) is 11.9 Å². The van der Waals surface area contributed by atoms with Gasteiger partial charge in [0.1, 0.15) is 0 Å². The Hall–Kier alpha value is -0.840. The summed E-state index contributed by atoms with van der Waals surface area (Å²) in [6.45, 7) is 2.18. The highest BCUT2D eigenvalue weighted by Crippen LogP contribution is 2.00. The summed E-state index contributed by atoms with van der Waals surface area (Å²) >= 11 is 0. The molecule has 0 bridgehead atoms. The van der Waals surface area contributed by atoms with Gasteiger partial charge in [0, 0.05) is 6.21 Å². The molecule has 0 aromatic heterocycles. The topological polar surface area (TPSA) is 36.1 Å². The number of aliphatic imine (C=N–C) groups is 1. The molecule has 0 atom stereocenters. The second-order valence-corrected chi connectivity index (χ2v) is 2.26. The van der Waals surface area contributed by atoms with Gasteiger partial charge in [-0.25, -0.2) is 0 Å². The number of nitriles is 1. The van der Waals surface area contributed by atoms with Gasteiger partial charge in [-0.2, -0.15) is 10.3 Å². The van der Waals surface area contributed by atoms with Gasteiger partial charge in [-0.1, -0.05) is 26.2 Å². The van der Waals surface area contributed by atoms with Crippen molar-refractivity contribution in [2.24, 2.45) is 4.99 Å². The number of nitrogens with zero attached hydrogens (tertiary/aromatic N) is 2. The van der Waals surface area contributed by atoms with Gasteiger partial charge in [0.05, 0.1) is 0 Å². The van der Waals surface area contributed by atoms with Crippen molar-refractivity contribution in [3.63, 3.8) is 0 Å². The van der Waals surface area contributed by atoms with E-state index in [1.54, 1.807) is 12.4 Å². The number of hydrogen-bond acceptors (Lipinski definition) is 2. The molecule has 0 aliphatic carbocycles. The number of unbranched alkanes of at least 4 members (excludes halogenated alkanes) is 4. The molecule has 0 spiro atoms. The fourth-order valence-electron chi connectivity index (χ4n) is 0.768. The fraction of sp³-hybridized carbons (Fsp3) is 0.750. The van der Waals surface area contributed by atoms with Crippen LogP contribution >= 0.6 is 0 Å². The van der Waals surface area contributed by atoms with Crippen LogP contribution in [0.3, 0.4) is 0 Å². The number of hydrogen-bond donors (Lipinski definition) is 0. The van der Waals surface area contributed by atoms with Crippen LogP contribution in [0.4, 0.5) is 0 Å². The molecule has 0 aliphatic rings. The highest BCUT2D eigenvalue weighted by molar-refractivity contribution is 5.58. The quantitative estimate of drug-likeness (QED) is 0.326. The minimum atomic E-state index is 0.952. The first-order valence-corrected chi connectivity index (χ1v) is 3.82. The molecule has 0 aromatic rings. The molecule has 0 fully saturated rings. The standard InChI is InChI=1S/C8H14N2/c1-2-3-4-5-6-7-10-8-9/h7H,2-6H2,1H3. The molecule has 0 saturated heterocycles. The van der Waals surface area contributed by atoms with Crippen LogP contribution in [0.1, 0.15) is 39.0 Å². The van der Waals surface area contributed by atoms with Crippen molar-refractivity contribution in [1.82, 2.24) is 0 Å². The van der Waals surface area contributed by atoms with E-state index in [1.807, 2.05) is 0 Å². The van der Waals surface area contributed by atoms with Crippen molar-refractivity contribution in [3.05, 3.63) is 0 Å². The molecule has 56 valence electrons. The van der Waals surface area contributed by atoms with Crippen molar-refractivity contribution >= 4 is 6.21 Å². The zero-order chi connectivity index (χ0) is 7.66. The maximum absolute atomic E-state index is 8.02. The maximum atomic E-state index is 8.02. The Bertz CT molecular complexity index is 122. The average molecular weight is 138 g/mol. The lowest BCUT2D eigenvalue weighted by Crippen LogP contribution is -1.77. The zero-order valence-electron chi connectivity index (χ0n) is 6.51. The Kier molecular flexibility index (Phi) is 7.47. The summed E-state index contributed by atoms with van der Waals surface area (Å²) in [6.07, 6.45) is 9.35. The molecule has 0 aromatic carbocycles. The summed E-state index contributed by atoms with van der Waals surface area (Å²) in [5.41, 5.74) is 0. The lowest BCUT2D eigenvalue weighted by Gasteiger charge is -1.91. The van der Waals surface area contributed by atoms with Gasteiger partial charge in [-0.15, -0.1) is 0 Å². The molecule has 0 saturated carbocycles. The van der Waals surface area contributed by atoms with Crippen molar-refractivity contribution in [2.45, 2.75) is 39.0 Å². The summed E-state index contributed by atoms with van der Waals surface area (Å²) < 4.78 is 0. The molecule has 0 heterocycles. The first-order valence-electron chi connectivity index (χ1n) is 3.82. The molecule has 0 amide bonds. The van der Waals surface area contributed by atoms with Crippen molar-refractivity contribution in [1.29, 1.82) is 5.26 Å². The van der Waals surface area contributed by atoms with Gasteiger partial charge < -0.3 is 0 Å². The van der Waals surface area contributed by atoms with Gasteiger partial charge in [-0.05, 0) is 12.8 Å². The van der Waals surface area contributed by atoms with Crippen LogP contribution in [0.15, 0.2) is 4.99 Å². The van der Waals surface area contributed by atoms with Crippen LogP contribution < -0.4 is 0 Å². The number of rotatable bonds is 5. The Balaban J connectivity index is 2.92. The molecule has 2 nitrogen and oxygen atoms in total. The predicted molar refractivity (Wildman–Crippen MR) is 42.9 cm³/mol. The molecule has 0 unspecified atom stereocenters. The molecule has 0 radical (unpaired) electrons. The molecular weight excluding hydrogens is 124 g/mol. The maximum Gasteiger partial charge on any atom is 0.205 e. The summed E-state index contributed by atoms with van der Waals surface area (Å²) in [5.74, 6) is 0. The van der Waals surface area contributed by atoms with Crippen LogP contribution in [0.5, 0.6) is 0 Å². The van der Waals surface area contributed by atoms with E-state index in [0.717, 1.165) is 6.42 Å². The summed E-state index contributed by atoms with van der Waals surface area (Å²) in [4.78, 5) is 3.45. The third kappa shape index (κ3) is 7.16. The SMILES string of the molecule is CCCCCCC=NC#N. The minimum absolute atomic E-state index is 0.952. The fourth-order valence-corrected chi connectivity index (χ4v) is 0.768. The molecular formula is C8H14N2. The van der Waals surface area contributed by atoms with Gasteiger partial charge in [0.15, 0.2) is 0 Å². The Morgan fingerprint density at radius 3 is 2.80 bits per heavy atom. The Labute approximate surface area is 62.6 Å². The van der Waals surface area contributed by atoms with Crippen molar-refractivity contribution in [3.8, 4) is 6.19 Å². The highest BCUT2D eigenvalue weighted by atomic mass is 14.7. The smallest absolute Gasteiger partial charge is 0.186 e. The Morgan fingerprint density at radius 1 is 1.40 bits per heavy atom. The Morgan fingerprint density at radius 2 is 2.20 bits per heavy atom. The van der Waals surface area contributed by atoms with Crippen LogP contribution in [0.2, 0.25) is 0 Å². The first kappa shape index (κ1) is 9.16. The van der Waals surface area contributed by atoms with Crippen LogP contribution in [-0.4, -0.2) is 6.21 Å². The highest BCUT2D eigenvalue weighted by Gasteiger charge is 1.83. The van der Waals surface area contributed by atoms with Crippen molar-refractivity contribution < 1.29 is 0 Å². The van der Waals surface area contributed by atoms with Gasteiger partial charge in [0.25, 0.3) is 0 Å². The second kappa shape index (κ2) is 8.16. The molecule has 0 N–H and O–H groups in total. The summed E-state index contributed by atoms with van der Waals surface area (Å²) in [7, 11) is 0. The predicted octanol–water partition coefficient (Wildman–Crippen LogP) is 2.51. The second-order valence-electron chi connectivity index (χ2n) is 2.26. The minimum Gasteiger partial charge on any atom is -0.186 e. The van der Waals surface area contributed by atoms with E-state index in [-0.39, 0.29) is 0 Å². The van der Waals surface area contributed by atoms with E-state index in [0.29, 0.717) is 0 Å². The lowest BCUT2D eigenvalue weighted by molar-refractivity contribution is 0.685. The largest absolute Gasteiger partial charge is 0.205 e. The van der Waals surface area contributed by atoms with E-state index in [4.69, 9.17) is 5.26 Å². The molecule has 2 heteroatoms. The first-order chi connectivity index (χ1) is 4.91. The monoisotopic (exact) mass is 138 g/mol. The molecule has 10 heavy (non-hydrogen) atoms. The molecule has 0 aliphatic heterocycles. The third-order valence-corrected chi connectivity index (χ3v) is 1.34. The molecule has 0 rings (SSSR count). The van der Waals surface area contributed by atoms with E-state index >= 15 is 0 Å². The zero-order valence-corrected chi connectivity index (χ0v) is 6.51. The van der Waals surface area contributed by atoms with E-state index < -0.39 is 0 Å². The van der Waals surface area contributed by atoms with Crippen molar-refractivity contribution in [2.75, 3.05) is 0 Å². The van der Waals surface area contributed by atoms with Gasteiger partial charge >= 0.3 is 0 Å². The van der Waals surface area contributed by atoms with E-state index in [1.165, 1.54) is 25.7 Å². The van der Waals surface area contributed by atoms with Crippen LogP contribution in [0, 0.1) is 11.5 Å². The third-order valence-electron chi connectivity index (χ3n) is 1.34. The van der Waals surface area contributed by atoms with Gasteiger partial charge in [-0.3, -0.25) is 0 Å². The summed E-state index contributed by atoms with van der Waals surface area (Å²) in [5, 5.41) is 8.02. The lowest BCUT2D eigenvalue weighted by atomic mass is 10.2. The van der Waals surface area contributed by atoms with Crippen LogP contribution in [0.25, 0.3) is 0 Å². The summed E-state index contributed by atoms with van der Waals surface area (Å²) in [6, 6.07) is 0. The van der Waals surface area contributed by atoms with Gasteiger partial charge in [0.2, 0.25) is 6.19 Å². The normalized spacial score (nSPS) is 10.0. The van der Waals surface area contributed by atoms with E-state index in [9.17, 15) is 0 Å². The van der Waals surface area contributed by atoms with Crippen LogP contribution in [-0.2, 0) is 0 Å². The average Bonchev–Trinajstić information content (AvgIpc) is 1.97.